The summed E-state index contributed by atoms with van der Waals surface area (Å²) >= 11 is 9.28. The Morgan fingerprint density at radius 2 is 2.00 bits per heavy atom. The van der Waals surface area contributed by atoms with Gasteiger partial charge in [-0.3, -0.25) is 0 Å². The molecule has 0 aliphatic carbocycles. The second-order valence-electron chi connectivity index (χ2n) is 5.19. The summed E-state index contributed by atoms with van der Waals surface area (Å²) in [5, 5.41) is 1.02. The molecule has 2 aromatic rings. The van der Waals surface area contributed by atoms with E-state index in [-0.39, 0.29) is 0 Å². The Kier molecular flexibility index (Phi) is 4.90. The maximum absolute atomic E-state index is 3.70. The van der Waals surface area contributed by atoms with Gasteiger partial charge in [0.05, 0.1) is 0 Å². The van der Waals surface area contributed by atoms with Crippen molar-refractivity contribution in [1.29, 1.82) is 0 Å². The van der Waals surface area contributed by atoms with Crippen LogP contribution < -0.4 is 0 Å². The van der Waals surface area contributed by atoms with Crippen molar-refractivity contribution in [3.63, 3.8) is 0 Å². The normalized spacial score (nSPS) is 18.8. The van der Waals surface area contributed by atoms with E-state index in [0.29, 0.717) is 11.8 Å². The predicted molar refractivity (Wildman–Crippen MR) is 95.2 cm³/mol. The molecule has 0 bridgehead atoms. The number of hydrogen-bond acceptors (Lipinski definition) is 1. The van der Waals surface area contributed by atoms with E-state index in [2.05, 4.69) is 80.4 Å². The van der Waals surface area contributed by atoms with E-state index in [9.17, 15) is 0 Å². The number of alkyl halides is 1. The first kappa shape index (κ1) is 14.7. The van der Waals surface area contributed by atoms with Gasteiger partial charge in [0.2, 0.25) is 0 Å². The maximum Gasteiger partial charge on any atom is 0.0178 e. The molecule has 2 atom stereocenters. The highest BCUT2D eigenvalue weighted by molar-refractivity contribution is 9.10. The fourth-order valence-corrected chi connectivity index (χ4v) is 5.14. The lowest BCUT2D eigenvalue weighted by Crippen LogP contribution is -2.07. The van der Waals surface area contributed by atoms with Crippen LogP contribution in [0.3, 0.4) is 0 Å². The monoisotopic (exact) mass is 410 g/mol. The largest absolute Gasteiger partial charge is 0.125 e. The van der Waals surface area contributed by atoms with Crippen LogP contribution in [-0.2, 0) is 0 Å². The van der Waals surface area contributed by atoms with Crippen molar-refractivity contribution in [2.75, 3.05) is 11.1 Å². The van der Waals surface area contributed by atoms with Crippen LogP contribution in [0.2, 0.25) is 0 Å². The minimum atomic E-state index is 0.573. The molecule has 0 saturated carbocycles. The predicted octanol–water partition coefficient (Wildman–Crippen LogP) is 6.21. The van der Waals surface area contributed by atoms with Gasteiger partial charge >= 0.3 is 0 Å². The fraction of sp³-hybridized carbons (Fsp3) is 0.294. The minimum absolute atomic E-state index is 0.573. The zero-order chi connectivity index (χ0) is 13.9. The molecule has 3 heteroatoms. The molecule has 0 saturated heterocycles. The second kappa shape index (κ2) is 6.67. The Labute approximate surface area is 141 Å². The van der Waals surface area contributed by atoms with Crippen LogP contribution in [0.1, 0.15) is 29.4 Å². The topological polar surface area (TPSA) is 0 Å². The summed E-state index contributed by atoms with van der Waals surface area (Å²) in [6.07, 6.45) is 1.21. The van der Waals surface area contributed by atoms with E-state index in [0.717, 1.165) is 5.33 Å². The average molecular weight is 412 g/mol. The summed E-state index contributed by atoms with van der Waals surface area (Å²) in [5.41, 5.74) is 2.96. The Morgan fingerprint density at radius 1 is 1.15 bits per heavy atom. The van der Waals surface area contributed by atoms with Gasteiger partial charge in [0.15, 0.2) is 0 Å². The summed E-state index contributed by atoms with van der Waals surface area (Å²) in [6.45, 7) is 0. The van der Waals surface area contributed by atoms with Crippen LogP contribution >= 0.6 is 43.6 Å². The van der Waals surface area contributed by atoms with Gasteiger partial charge in [0.1, 0.15) is 0 Å². The summed E-state index contributed by atoms with van der Waals surface area (Å²) in [7, 11) is 0. The third-order valence-electron chi connectivity index (χ3n) is 3.87. The molecular weight excluding hydrogens is 396 g/mol. The van der Waals surface area contributed by atoms with Gasteiger partial charge in [-0.1, -0.05) is 62.2 Å². The highest BCUT2D eigenvalue weighted by Crippen LogP contribution is 2.44. The molecule has 0 aromatic heterocycles. The van der Waals surface area contributed by atoms with Crippen LogP contribution in [0.4, 0.5) is 0 Å². The van der Waals surface area contributed by atoms with E-state index in [1.165, 1.54) is 27.1 Å². The zero-order valence-electron chi connectivity index (χ0n) is 11.1. The van der Waals surface area contributed by atoms with E-state index in [4.69, 9.17) is 0 Å². The molecule has 0 N–H and O–H groups in total. The van der Waals surface area contributed by atoms with E-state index in [1.54, 1.807) is 5.56 Å². The summed E-state index contributed by atoms with van der Waals surface area (Å²) in [5.74, 6) is 2.47. The third-order valence-corrected chi connectivity index (χ3v) is 6.40. The lowest BCUT2D eigenvalue weighted by molar-refractivity contribution is 0.608. The van der Waals surface area contributed by atoms with Crippen molar-refractivity contribution in [2.45, 2.75) is 23.2 Å². The fourth-order valence-electron chi connectivity index (χ4n) is 2.82. The molecule has 1 aliphatic rings. The molecule has 0 nitrogen and oxygen atoms in total. The molecule has 2 aromatic carbocycles. The van der Waals surface area contributed by atoms with Crippen LogP contribution in [0.25, 0.3) is 0 Å². The van der Waals surface area contributed by atoms with Crippen molar-refractivity contribution in [1.82, 2.24) is 0 Å². The number of rotatable bonds is 4. The maximum atomic E-state index is 3.70. The van der Waals surface area contributed by atoms with Crippen molar-refractivity contribution < 1.29 is 0 Å². The summed E-state index contributed by atoms with van der Waals surface area (Å²) < 4.78 is 1.17. The second-order valence-corrected chi connectivity index (χ2v) is 7.81. The molecule has 1 heterocycles. The summed E-state index contributed by atoms with van der Waals surface area (Å²) in [4.78, 5) is 1.47. The van der Waals surface area contributed by atoms with Crippen LogP contribution in [-0.4, -0.2) is 11.1 Å². The lowest BCUT2D eigenvalue weighted by Gasteiger charge is -2.19. The number of benzene rings is 2. The van der Waals surface area contributed by atoms with Gasteiger partial charge in [-0.25, -0.2) is 0 Å². The van der Waals surface area contributed by atoms with Crippen molar-refractivity contribution in [2.24, 2.45) is 0 Å². The smallest absolute Gasteiger partial charge is 0.0178 e. The van der Waals surface area contributed by atoms with Gasteiger partial charge < -0.3 is 0 Å². The zero-order valence-corrected chi connectivity index (χ0v) is 15.0. The molecule has 2 unspecified atom stereocenters. The van der Waals surface area contributed by atoms with Crippen LogP contribution in [0.15, 0.2) is 57.9 Å². The van der Waals surface area contributed by atoms with Crippen molar-refractivity contribution in [3.8, 4) is 0 Å². The van der Waals surface area contributed by atoms with Gasteiger partial charge in [0.25, 0.3) is 0 Å². The van der Waals surface area contributed by atoms with E-state index < -0.39 is 0 Å². The Bertz CT molecular complexity index is 597. The molecule has 0 radical (unpaired) electrons. The molecule has 0 fully saturated rings. The minimum Gasteiger partial charge on any atom is -0.125 e. The Balaban J connectivity index is 1.80. The average Bonchev–Trinajstić information content (AvgIpc) is 2.88. The lowest BCUT2D eigenvalue weighted by atomic mass is 9.87. The number of halogens is 2. The molecular formula is C17H16Br2S. The van der Waals surface area contributed by atoms with E-state index in [1.807, 2.05) is 11.8 Å². The van der Waals surface area contributed by atoms with Crippen molar-refractivity contribution in [3.05, 3.63) is 64.1 Å². The van der Waals surface area contributed by atoms with Crippen LogP contribution in [0, 0.1) is 0 Å². The number of thioether (sulfide) groups is 1. The van der Waals surface area contributed by atoms with Gasteiger partial charge in [-0.2, -0.15) is 0 Å². The molecule has 0 amide bonds. The molecule has 0 spiro atoms. The summed E-state index contributed by atoms with van der Waals surface area (Å²) in [6, 6.07) is 17.6. The molecule has 20 heavy (non-hydrogen) atoms. The molecule has 104 valence electrons. The quantitative estimate of drug-likeness (QED) is 0.539. The first-order valence-electron chi connectivity index (χ1n) is 6.81. The van der Waals surface area contributed by atoms with E-state index >= 15 is 0 Å². The van der Waals surface area contributed by atoms with Gasteiger partial charge in [-0.15, -0.1) is 11.8 Å². The number of hydrogen-bond donors (Lipinski definition) is 0. The standard InChI is InChI=1S/C17H16Br2S/c18-10-13(12-4-3-5-15(19)9-12)8-14-11-20-17-7-2-1-6-16(14)17/h1-7,9,13-14H,8,10-11H2. The first-order chi connectivity index (χ1) is 9.78. The molecule has 1 aliphatic heterocycles. The highest BCUT2D eigenvalue weighted by Gasteiger charge is 2.26. The molecule has 3 rings (SSSR count). The SMILES string of the molecule is BrCC(CC1CSc2ccccc21)c1cccc(Br)c1. The highest BCUT2D eigenvalue weighted by atomic mass is 79.9. The Hall–Kier alpha value is -0.250. The van der Waals surface area contributed by atoms with Crippen LogP contribution in [0.5, 0.6) is 0 Å². The van der Waals surface area contributed by atoms with Crippen molar-refractivity contribution >= 4 is 43.6 Å². The first-order valence-corrected chi connectivity index (χ1v) is 9.71. The Morgan fingerprint density at radius 3 is 2.80 bits per heavy atom. The van der Waals surface area contributed by atoms with Gasteiger partial charge in [-0.05, 0) is 47.6 Å². The third kappa shape index (κ3) is 3.15. The number of fused-ring (bicyclic) bond motifs is 1. The van der Waals surface area contributed by atoms with Gasteiger partial charge in [0, 0.05) is 20.5 Å².